The predicted octanol–water partition coefficient (Wildman–Crippen LogP) is 14.7. The van der Waals surface area contributed by atoms with Gasteiger partial charge in [-0.05, 0) is 207 Å². The highest BCUT2D eigenvalue weighted by molar-refractivity contribution is 5.87. The van der Waals surface area contributed by atoms with Crippen molar-refractivity contribution in [1.82, 2.24) is 104 Å². The molecule has 0 aliphatic carbocycles. The summed E-state index contributed by atoms with van der Waals surface area (Å²) in [5.74, 6) is 3.57. The summed E-state index contributed by atoms with van der Waals surface area (Å²) in [6.45, 7) is 11.9. The van der Waals surface area contributed by atoms with Gasteiger partial charge in [0.05, 0.1) is 119 Å². The van der Waals surface area contributed by atoms with Crippen LogP contribution in [0, 0.1) is 46.8 Å². The van der Waals surface area contributed by atoms with Crippen molar-refractivity contribution in [3.05, 3.63) is 213 Å². The molecular weight excluding hydrogens is 1490 g/mol. The summed E-state index contributed by atoms with van der Waals surface area (Å²) < 4.78 is 9.02. The first kappa shape index (κ1) is 76.3. The van der Waals surface area contributed by atoms with Crippen LogP contribution in [0.25, 0.3) is 88.6 Å². The average molecular weight is 1590 g/mol. The Morgan fingerprint density at radius 2 is 0.756 bits per heavy atom. The minimum Gasteiger partial charge on any atom is -0.336 e. The lowest BCUT2D eigenvalue weighted by molar-refractivity contribution is -0.136. The number of nitriles is 1. The van der Waals surface area contributed by atoms with Crippen molar-refractivity contribution in [3.8, 4) is 50.6 Å². The van der Waals surface area contributed by atoms with Crippen molar-refractivity contribution in [3.63, 3.8) is 0 Å². The number of fused-ring (bicyclic) bond motifs is 12. The Morgan fingerprint density at radius 1 is 0.403 bits per heavy atom. The number of H-pyrrole nitrogens is 4. The summed E-state index contributed by atoms with van der Waals surface area (Å²) in [4.78, 5) is 83.0. The fourth-order valence-corrected chi connectivity index (χ4v) is 21.5. The van der Waals surface area contributed by atoms with Crippen molar-refractivity contribution in [2.75, 3.05) is 0 Å². The molecule has 5 aromatic carbocycles. The Morgan fingerprint density at radius 3 is 1.09 bits per heavy atom. The monoisotopic (exact) mass is 1590 g/mol. The number of amides is 4. The van der Waals surface area contributed by atoms with Crippen LogP contribution in [0.2, 0.25) is 0 Å². The summed E-state index contributed by atoms with van der Waals surface area (Å²) in [5.41, 5.74) is 19.8. The minimum absolute atomic E-state index is 0.0854. The molecule has 4 amide bonds. The highest BCUT2D eigenvalue weighted by Crippen LogP contribution is 2.48. The second-order valence-corrected chi connectivity index (χ2v) is 35.0. The van der Waals surface area contributed by atoms with Crippen LogP contribution in [-0.4, -0.2) is 176 Å². The van der Waals surface area contributed by atoms with E-state index in [0.717, 1.165) is 190 Å². The van der Waals surface area contributed by atoms with Gasteiger partial charge in [0.15, 0.2) is 0 Å². The number of rotatable bonds is 19. The molecule has 0 saturated carbocycles. The molecule has 0 radical (unpaired) electrons. The molecule has 8 aliphatic heterocycles. The van der Waals surface area contributed by atoms with Crippen molar-refractivity contribution >= 4 is 67.8 Å². The molecule has 606 valence electrons. The molecule has 17 heterocycles. The van der Waals surface area contributed by atoms with Gasteiger partial charge < -0.3 is 37.9 Å². The normalized spacial score (nSPS) is 23.0. The van der Waals surface area contributed by atoms with Crippen molar-refractivity contribution < 1.29 is 19.2 Å². The number of aromatic amines is 4. The van der Waals surface area contributed by atoms with E-state index in [9.17, 15) is 19.2 Å². The third-order valence-corrected chi connectivity index (χ3v) is 26.9. The average Bonchev–Trinajstić information content (AvgIpc) is 1.62. The van der Waals surface area contributed by atoms with Gasteiger partial charge in [-0.2, -0.15) is 25.7 Å². The van der Waals surface area contributed by atoms with Crippen molar-refractivity contribution in [1.29, 1.82) is 5.26 Å². The van der Waals surface area contributed by atoms with Crippen molar-refractivity contribution in [2.45, 2.75) is 199 Å². The molecule has 8 fully saturated rings. The number of nitrogens with zero attached hydrogens (tertiary/aromatic N) is 18. The van der Waals surface area contributed by atoms with E-state index in [1.807, 2.05) is 119 Å². The zero-order valence-electron chi connectivity index (χ0n) is 67.7. The molecule has 26 nitrogen and oxygen atoms in total. The molecule has 9 aromatic heterocycles. The van der Waals surface area contributed by atoms with Crippen LogP contribution in [0.1, 0.15) is 128 Å². The van der Waals surface area contributed by atoms with Crippen molar-refractivity contribution in [2.24, 2.45) is 35.5 Å². The zero-order chi connectivity index (χ0) is 80.9. The molecule has 8 aliphatic rings. The largest absolute Gasteiger partial charge is 0.336 e. The quantitative estimate of drug-likeness (QED) is 0.0585. The number of carbonyl (C=O) groups is 4. The van der Waals surface area contributed by atoms with Gasteiger partial charge in [-0.1, -0.05) is 70.2 Å². The van der Waals surface area contributed by atoms with Crippen LogP contribution >= 0.6 is 0 Å². The van der Waals surface area contributed by atoms with E-state index < -0.39 is 0 Å². The maximum Gasteiger partial charge on any atom is 0.227 e. The smallest absolute Gasteiger partial charge is 0.227 e. The van der Waals surface area contributed by atoms with Crippen LogP contribution in [0.3, 0.4) is 0 Å². The predicted molar refractivity (Wildman–Crippen MR) is 453 cm³/mol. The van der Waals surface area contributed by atoms with E-state index >= 15 is 0 Å². The Bertz CT molecular complexity index is 5990. The second kappa shape index (κ2) is 32.7. The first-order valence-electron chi connectivity index (χ1n) is 42.6. The molecule has 12 atom stereocenters. The van der Waals surface area contributed by atoms with Crippen LogP contribution in [0.5, 0.6) is 0 Å². The van der Waals surface area contributed by atoms with Gasteiger partial charge in [0.1, 0.15) is 0 Å². The molecular formula is C93H100N22O4. The standard InChI is InChI=1S/C26H24N6O.C24H24N6O.C22H27N5O.C21H25N5O/c27-12-18-3-1-2-17(8-18)9-26(33)32-22-5-7-24(32)20(10-22)15-31-16-28-23-11-19(4-6-25(23)31)21-13-29-30-14-21;31-24(8-16-2-1-7-25-11-16)30-20-4-6-22(30)18(9-20)14-29-15-26-21-10-17(3-5-23(21)29)19-12-27-28-13-19;1-14(2)7-22(28)27-18-4-6-20(27)16(8-18)12-26-13-23-19-9-15(3-5-21(19)26)17-10-24-25-11-17;1-13(2)21(27)26-17-4-6-19(26)15(7-17)11-25-12-22-18-8-14(3-5-20(18)25)16-9-23-24-10-16/h1-4,6,8,11,13-14,16,20,22,24H,5,7,9-10,15H2,(H,29,30);1-3,5,7,10-13,15,18,20,22H,4,6,8-9,14H2,(H,27,28);3,5,9-11,13-14,16,18,20H,4,6-8,12H2,1-2H3,(H,24,25);3,5,8-10,12-13,15,17,19H,4,6-7,11H2,1-2H3,(H,23,24). The van der Waals surface area contributed by atoms with Gasteiger partial charge in [-0.3, -0.25) is 44.6 Å². The fraction of sp³-hybridized carbons (Fsp3) is 0.398. The molecule has 8 bridgehead atoms. The zero-order valence-corrected chi connectivity index (χ0v) is 67.7. The van der Waals surface area contributed by atoms with Crippen LogP contribution in [0.4, 0.5) is 0 Å². The Kier molecular flexibility index (Phi) is 21.0. The third-order valence-electron chi connectivity index (χ3n) is 26.9. The van der Waals surface area contributed by atoms with Gasteiger partial charge >= 0.3 is 0 Å². The fourth-order valence-electron chi connectivity index (χ4n) is 21.5. The summed E-state index contributed by atoms with van der Waals surface area (Å²) in [6, 6.07) is 41.9. The number of hydrogen-bond acceptors (Lipinski definition) is 14. The van der Waals surface area contributed by atoms with Gasteiger partial charge in [-0.15, -0.1) is 0 Å². The maximum absolute atomic E-state index is 13.2. The number of benzene rings is 5. The lowest BCUT2D eigenvalue weighted by atomic mass is 9.89. The minimum atomic E-state index is 0.0854. The van der Waals surface area contributed by atoms with Crippen LogP contribution in [0.15, 0.2) is 196 Å². The van der Waals surface area contributed by atoms with Crippen LogP contribution in [-0.2, 0) is 58.2 Å². The van der Waals surface area contributed by atoms with E-state index in [1.165, 1.54) is 12.8 Å². The third kappa shape index (κ3) is 15.3. The SMILES string of the molecule is CC(C)C(=O)N1C2CCC1C(Cn1cnc3cc(-c4cn[nH]c4)ccc31)C2.CC(C)CC(=O)N1C2CCC1C(Cn1cnc3cc(-c4cn[nH]c4)ccc31)C2.N#Cc1cccc(CC(=O)N2C3CCC2C(Cn2cnc4cc(-c5cn[nH]c5)ccc42)C3)c1.O=C(Cc1cccnc1)N1C2CCC1C(Cn1cnc3cc(-c4cn[nH]c4)ccc31)C2. The molecule has 4 N–H and O–H groups in total. The van der Waals surface area contributed by atoms with E-state index in [4.69, 9.17) is 5.26 Å². The van der Waals surface area contributed by atoms with E-state index in [0.29, 0.717) is 109 Å². The Balaban J connectivity index is 0.000000105. The first-order valence-corrected chi connectivity index (χ1v) is 42.6. The van der Waals surface area contributed by atoms with E-state index in [2.05, 4.69) is 196 Å². The summed E-state index contributed by atoms with van der Waals surface area (Å²) >= 11 is 0. The topological polar surface area (TPSA) is 304 Å². The Hall–Kier alpha value is -12.7. The lowest BCUT2D eigenvalue weighted by Crippen LogP contribution is -2.39. The number of aromatic nitrogens is 17. The molecule has 8 saturated heterocycles. The maximum atomic E-state index is 13.2. The molecule has 119 heavy (non-hydrogen) atoms. The number of hydrogen-bond donors (Lipinski definition) is 4. The molecule has 14 aromatic rings. The Labute approximate surface area is 689 Å². The highest BCUT2D eigenvalue weighted by atomic mass is 16.2. The molecule has 0 spiro atoms. The summed E-state index contributed by atoms with van der Waals surface area (Å²) in [5, 5.41) is 36.7. The van der Waals surface area contributed by atoms with E-state index in [1.54, 1.807) is 18.5 Å². The summed E-state index contributed by atoms with van der Waals surface area (Å²) in [6.07, 6.45) is 41.0. The lowest BCUT2D eigenvalue weighted by Gasteiger charge is -2.26. The number of carbonyl (C=O) groups excluding carboxylic acids is 4. The molecule has 12 unspecified atom stereocenters. The van der Waals surface area contributed by atoms with Gasteiger partial charge in [0.25, 0.3) is 0 Å². The highest BCUT2D eigenvalue weighted by Gasteiger charge is 2.52. The summed E-state index contributed by atoms with van der Waals surface area (Å²) in [7, 11) is 0. The molecule has 26 heteroatoms. The number of nitrogens with one attached hydrogen (secondary N) is 4. The second-order valence-electron chi connectivity index (χ2n) is 35.0. The van der Waals surface area contributed by atoms with Gasteiger partial charge in [0, 0.05) is 146 Å². The first-order chi connectivity index (χ1) is 58.2. The van der Waals surface area contributed by atoms with E-state index in [-0.39, 0.29) is 23.8 Å². The van der Waals surface area contributed by atoms with Crippen LogP contribution < -0.4 is 0 Å². The molecule has 22 rings (SSSR count). The van der Waals surface area contributed by atoms with Gasteiger partial charge in [0.2, 0.25) is 23.6 Å². The van der Waals surface area contributed by atoms with Gasteiger partial charge in [-0.25, -0.2) is 19.9 Å². The number of pyridine rings is 1. The number of imidazole rings is 4.